The number of fused-ring (bicyclic) bond motifs is 1. The van der Waals surface area contributed by atoms with E-state index in [0.717, 1.165) is 10.8 Å². The summed E-state index contributed by atoms with van der Waals surface area (Å²) in [6.07, 6.45) is 3.43. The molecule has 2 atom stereocenters. The number of ether oxygens (including phenoxy) is 1. The number of amides is 1. The number of rotatable bonds is 10. The van der Waals surface area contributed by atoms with Gasteiger partial charge in [0.15, 0.2) is 0 Å². The third kappa shape index (κ3) is 9.46. The first-order chi connectivity index (χ1) is 16.5. The van der Waals surface area contributed by atoms with Gasteiger partial charge in [-0.1, -0.05) is 26.8 Å². The predicted octanol–water partition coefficient (Wildman–Crippen LogP) is 5.21. The van der Waals surface area contributed by atoms with Crippen LogP contribution in [-0.2, 0) is 19.2 Å². The summed E-state index contributed by atoms with van der Waals surface area (Å²) < 4.78 is 40.8. The third-order valence-electron chi connectivity index (χ3n) is 5.43. The fraction of sp³-hybridized carbons (Fsp3) is 0.615. The van der Waals surface area contributed by atoms with Crippen molar-refractivity contribution in [1.82, 2.24) is 14.6 Å². The van der Waals surface area contributed by atoms with Gasteiger partial charge in [0.05, 0.1) is 11.0 Å². The van der Waals surface area contributed by atoms with Crippen LogP contribution < -0.4 is 4.72 Å². The lowest BCUT2D eigenvalue weighted by Gasteiger charge is -2.35. The molecule has 0 aliphatic carbocycles. The van der Waals surface area contributed by atoms with Crippen LogP contribution in [0.25, 0.3) is 10.8 Å². The van der Waals surface area contributed by atoms with Crippen LogP contribution in [0, 0.1) is 5.41 Å². The number of hydrogen-bond acceptors (Lipinski definition) is 6. The molecule has 0 aliphatic heterocycles. The summed E-state index contributed by atoms with van der Waals surface area (Å²) in [6, 6.07) is 6.15. The van der Waals surface area contributed by atoms with E-state index in [9.17, 15) is 13.2 Å². The molecule has 1 aromatic carbocycles. The highest BCUT2D eigenvalue weighted by atomic mass is 32.2. The molecule has 0 bridgehead atoms. The molecule has 2 rings (SSSR count). The molecule has 0 fully saturated rings. The van der Waals surface area contributed by atoms with Gasteiger partial charge in [0.25, 0.3) is 0 Å². The second kappa shape index (κ2) is 12.0. The summed E-state index contributed by atoms with van der Waals surface area (Å²) in [5.74, 6) is 0. The lowest BCUT2D eigenvalue weighted by Crippen LogP contribution is -2.47. The van der Waals surface area contributed by atoms with Gasteiger partial charge in [0.2, 0.25) is 19.1 Å². The minimum Gasteiger partial charge on any atom is -0.444 e. The normalized spacial score (nSPS) is 14.6. The van der Waals surface area contributed by atoms with Gasteiger partial charge in [-0.05, 0) is 76.2 Å². The Hall–Kier alpha value is -2.01. The Labute approximate surface area is 218 Å². The molecule has 1 unspecified atom stereocenters. The molecule has 8 nitrogen and oxygen atoms in total. The number of carbonyl (C=O) groups excluding carboxylic acids is 1. The van der Waals surface area contributed by atoms with E-state index >= 15 is 0 Å². The number of sulfonamides is 1. The zero-order valence-electron chi connectivity index (χ0n) is 23.1. The number of hydrogen-bond donors (Lipinski definition) is 1. The van der Waals surface area contributed by atoms with Gasteiger partial charge >= 0.3 is 6.09 Å². The lowest BCUT2D eigenvalue weighted by atomic mass is 9.87. The Kier molecular flexibility index (Phi) is 10.1. The smallest absolute Gasteiger partial charge is 0.410 e. The van der Waals surface area contributed by atoms with Crippen molar-refractivity contribution in [2.45, 2.75) is 90.6 Å². The molecule has 1 heterocycles. The zero-order valence-corrected chi connectivity index (χ0v) is 24.9. The number of benzene rings is 1. The van der Waals surface area contributed by atoms with Crippen LogP contribution in [0.3, 0.4) is 0 Å². The summed E-state index contributed by atoms with van der Waals surface area (Å²) in [5, 5.41) is 1.65. The summed E-state index contributed by atoms with van der Waals surface area (Å²) in [5.41, 5.74) is -0.763. The first-order valence-corrected chi connectivity index (χ1v) is 16.2. The van der Waals surface area contributed by atoms with E-state index in [4.69, 9.17) is 9.16 Å². The maximum Gasteiger partial charge on any atom is 0.410 e. The largest absolute Gasteiger partial charge is 0.444 e. The minimum absolute atomic E-state index is 0.0367. The van der Waals surface area contributed by atoms with E-state index in [1.807, 2.05) is 20.8 Å². The topological polar surface area (TPSA) is 97.8 Å². The highest BCUT2D eigenvalue weighted by Crippen LogP contribution is 2.26. The van der Waals surface area contributed by atoms with Crippen molar-refractivity contribution in [2.24, 2.45) is 5.41 Å². The van der Waals surface area contributed by atoms with Crippen LogP contribution in [0.15, 0.2) is 41.6 Å². The second-order valence-corrected chi connectivity index (χ2v) is 15.3. The molecule has 1 amide bonds. The van der Waals surface area contributed by atoms with E-state index in [1.165, 1.54) is 0 Å². The molecule has 0 saturated carbocycles. The van der Waals surface area contributed by atoms with Crippen LogP contribution in [0.4, 0.5) is 4.79 Å². The standard InChI is InChI=1S/C26H42N3O5SSi/c1-19(28-35(31,32)22-11-10-21-17-27-14-12-20(21)16-22)18-29(24(30)33-26(5,6)7)15-13-23(25(2,3)4)34-36(8)9/h10-12,14,16-17,19,23,28H,13,15,18H2,1-9H3/t19-,23?/m0/s1. The van der Waals surface area contributed by atoms with Crippen LogP contribution in [-0.4, -0.2) is 64.3 Å². The highest BCUT2D eigenvalue weighted by molar-refractivity contribution is 7.89. The van der Waals surface area contributed by atoms with Crippen molar-refractivity contribution >= 4 is 35.9 Å². The van der Waals surface area contributed by atoms with Crippen molar-refractivity contribution in [2.75, 3.05) is 13.1 Å². The first-order valence-electron chi connectivity index (χ1n) is 12.3. The Bertz CT molecular complexity index is 1130. The van der Waals surface area contributed by atoms with Crippen molar-refractivity contribution in [3.05, 3.63) is 36.7 Å². The van der Waals surface area contributed by atoms with Crippen LogP contribution in [0.1, 0.15) is 54.9 Å². The van der Waals surface area contributed by atoms with Gasteiger partial charge in [-0.15, -0.1) is 0 Å². The summed E-state index contributed by atoms with van der Waals surface area (Å²) >= 11 is 0. The molecular formula is C26H42N3O5SSi. The van der Waals surface area contributed by atoms with Gasteiger partial charge in [-0.3, -0.25) is 4.98 Å². The number of nitrogens with one attached hydrogen (secondary N) is 1. The first kappa shape index (κ1) is 30.2. The van der Waals surface area contributed by atoms with E-state index in [2.05, 4.69) is 43.6 Å². The van der Waals surface area contributed by atoms with Crippen LogP contribution in [0.5, 0.6) is 0 Å². The minimum atomic E-state index is -3.80. The molecule has 0 spiro atoms. The maximum absolute atomic E-state index is 13.1. The highest BCUT2D eigenvalue weighted by Gasteiger charge is 2.30. The van der Waals surface area contributed by atoms with Gasteiger partial charge in [-0.25, -0.2) is 17.9 Å². The fourth-order valence-corrected chi connectivity index (χ4v) is 6.05. The zero-order chi connectivity index (χ0) is 27.3. The van der Waals surface area contributed by atoms with Gasteiger partial charge in [0, 0.05) is 36.9 Å². The Balaban J connectivity index is 2.18. The molecule has 10 heteroatoms. The SMILES string of the molecule is C[C@@H](CN(CCC(O[Si](C)C)C(C)(C)C)C(=O)OC(C)(C)C)NS(=O)(=O)c1ccc2cnccc2c1. The van der Waals surface area contributed by atoms with Gasteiger partial charge < -0.3 is 14.1 Å². The van der Waals surface area contributed by atoms with E-state index in [-0.39, 0.29) is 23.0 Å². The monoisotopic (exact) mass is 536 g/mol. The maximum atomic E-state index is 13.1. The van der Waals surface area contributed by atoms with Crippen LogP contribution >= 0.6 is 0 Å². The summed E-state index contributed by atoms with van der Waals surface area (Å²) in [6.45, 7) is 18.3. The third-order valence-corrected chi connectivity index (χ3v) is 7.77. The van der Waals surface area contributed by atoms with Crippen LogP contribution in [0.2, 0.25) is 13.1 Å². The number of aromatic nitrogens is 1. The Morgan fingerprint density at radius 2 is 1.78 bits per heavy atom. The molecule has 1 radical (unpaired) electrons. The van der Waals surface area contributed by atoms with E-state index in [1.54, 1.807) is 48.5 Å². The van der Waals surface area contributed by atoms with E-state index in [0.29, 0.717) is 13.0 Å². The van der Waals surface area contributed by atoms with Crippen molar-refractivity contribution < 1.29 is 22.4 Å². The van der Waals surface area contributed by atoms with Crippen molar-refractivity contribution in [3.8, 4) is 0 Å². The lowest BCUT2D eigenvalue weighted by molar-refractivity contribution is 0.0165. The molecule has 2 aromatic rings. The molecule has 1 aromatic heterocycles. The van der Waals surface area contributed by atoms with Gasteiger partial charge in [0.1, 0.15) is 5.60 Å². The predicted molar refractivity (Wildman–Crippen MR) is 146 cm³/mol. The summed E-state index contributed by atoms with van der Waals surface area (Å²) in [7, 11) is -4.73. The number of nitrogens with zero attached hydrogens (tertiary/aromatic N) is 2. The van der Waals surface area contributed by atoms with E-state index < -0.39 is 36.8 Å². The quantitative estimate of drug-likeness (QED) is 0.419. The second-order valence-electron chi connectivity index (χ2n) is 11.5. The number of carbonyl (C=O) groups is 1. The average molecular weight is 537 g/mol. The fourth-order valence-electron chi connectivity index (χ4n) is 3.74. The molecule has 1 N–H and O–H groups in total. The average Bonchev–Trinajstić information content (AvgIpc) is 2.72. The molecular weight excluding hydrogens is 494 g/mol. The van der Waals surface area contributed by atoms with Gasteiger partial charge in [-0.2, -0.15) is 0 Å². The molecule has 0 saturated heterocycles. The molecule has 0 aliphatic rings. The molecule has 36 heavy (non-hydrogen) atoms. The van der Waals surface area contributed by atoms with Crippen molar-refractivity contribution in [3.63, 3.8) is 0 Å². The molecule has 201 valence electrons. The number of pyridine rings is 1. The van der Waals surface area contributed by atoms with Crippen molar-refractivity contribution in [1.29, 1.82) is 0 Å². The Morgan fingerprint density at radius 1 is 1.11 bits per heavy atom. The Morgan fingerprint density at radius 3 is 2.36 bits per heavy atom. The summed E-state index contributed by atoms with van der Waals surface area (Å²) in [4.78, 5) is 18.9.